The Morgan fingerprint density at radius 1 is 1.05 bits per heavy atom. The predicted octanol–water partition coefficient (Wildman–Crippen LogP) is -0.0136. The first kappa shape index (κ1) is 11.4. The topological polar surface area (TPSA) is 109 Å². The van der Waals surface area contributed by atoms with Crippen LogP contribution in [-0.2, 0) is 15.2 Å². The fourth-order valence-corrected chi connectivity index (χ4v) is 2.02. The number of furan rings is 1. The van der Waals surface area contributed by atoms with Gasteiger partial charge in [0.2, 0.25) is 0 Å². The number of para-hydroxylation sites is 1. The number of hydrogen-bond acceptors (Lipinski definition) is 5. The molecule has 1 aliphatic heterocycles. The van der Waals surface area contributed by atoms with Crippen LogP contribution in [0.2, 0.25) is 0 Å². The van der Waals surface area contributed by atoms with Crippen LogP contribution in [0, 0.1) is 0 Å². The summed E-state index contributed by atoms with van der Waals surface area (Å²) >= 11 is 0. The Balaban J connectivity index is 2.21. The summed E-state index contributed by atoms with van der Waals surface area (Å²) < 4.78 is 5.19. The van der Waals surface area contributed by atoms with Gasteiger partial charge in [-0.1, -0.05) is 18.2 Å². The van der Waals surface area contributed by atoms with Crippen LogP contribution in [0.3, 0.4) is 0 Å². The van der Waals surface area contributed by atoms with Gasteiger partial charge in [-0.25, -0.2) is 4.79 Å². The third-order valence-electron chi connectivity index (χ3n) is 2.98. The number of carbonyl (C=O) groups is 3. The third kappa shape index (κ3) is 1.45. The van der Waals surface area contributed by atoms with Crippen molar-refractivity contribution in [3.8, 4) is 0 Å². The van der Waals surface area contributed by atoms with Crippen LogP contribution in [0.5, 0.6) is 0 Å². The van der Waals surface area contributed by atoms with Crippen LogP contribution in [0.25, 0.3) is 11.0 Å². The van der Waals surface area contributed by atoms with Crippen LogP contribution in [0.15, 0.2) is 34.9 Å². The number of amides is 4. The van der Waals surface area contributed by atoms with Crippen LogP contribution in [-0.4, -0.2) is 23.0 Å². The van der Waals surface area contributed by atoms with Gasteiger partial charge in [0.15, 0.2) is 0 Å². The molecule has 7 nitrogen and oxygen atoms in total. The minimum Gasteiger partial charge on any atom is -0.464 e. The molecule has 1 aromatic heterocycles. The maximum Gasteiger partial charge on any atom is 0.328 e. The van der Waals surface area contributed by atoms with Gasteiger partial charge < -0.3 is 9.52 Å². The second-order valence-corrected chi connectivity index (χ2v) is 4.09. The van der Waals surface area contributed by atoms with Gasteiger partial charge in [0.05, 0.1) is 6.26 Å². The number of aliphatic hydroxyl groups is 1. The van der Waals surface area contributed by atoms with E-state index in [4.69, 9.17) is 4.42 Å². The van der Waals surface area contributed by atoms with Crippen molar-refractivity contribution < 1.29 is 23.9 Å². The van der Waals surface area contributed by atoms with E-state index in [9.17, 15) is 19.5 Å². The molecule has 0 atom stereocenters. The lowest BCUT2D eigenvalue weighted by Gasteiger charge is -2.28. The molecule has 3 N–H and O–H groups in total. The first-order valence-corrected chi connectivity index (χ1v) is 5.39. The molecule has 0 radical (unpaired) electrons. The van der Waals surface area contributed by atoms with E-state index in [1.165, 1.54) is 0 Å². The van der Waals surface area contributed by atoms with E-state index in [0.717, 1.165) is 6.26 Å². The average molecular weight is 260 g/mol. The molecule has 1 saturated heterocycles. The number of rotatable bonds is 1. The average Bonchev–Trinajstić information content (AvgIpc) is 2.80. The molecule has 96 valence electrons. The molecule has 19 heavy (non-hydrogen) atoms. The highest BCUT2D eigenvalue weighted by atomic mass is 16.3. The molecular weight excluding hydrogens is 252 g/mol. The minimum absolute atomic E-state index is 0.00870. The van der Waals surface area contributed by atoms with Gasteiger partial charge >= 0.3 is 6.03 Å². The highest BCUT2D eigenvalue weighted by Crippen LogP contribution is 2.32. The second-order valence-electron chi connectivity index (χ2n) is 4.09. The van der Waals surface area contributed by atoms with Crippen LogP contribution in [0.4, 0.5) is 4.79 Å². The lowest BCUT2D eigenvalue weighted by Crippen LogP contribution is -2.64. The molecule has 0 aliphatic carbocycles. The molecule has 0 spiro atoms. The Hall–Kier alpha value is -2.67. The monoisotopic (exact) mass is 260 g/mol. The number of nitrogens with one attached hydrogen (secondary N) is 2. The van der Waals surface area contributed by atoms with E-state index >= 15 is 0 Å². The molecule has 7 heteroatoms. The van der Waals surface area contributed by atoms with Crippen LogP contribution >= 0.6 is 0 Å². The van der Waals surface area contributed by atoms with Crippen molar-refractivity contribution in [1.82, 2.24) is 10.6 Å². The zero-order valence-electron chi connectivity index (χ0n) is 9.47. The molecule has 0 bridgehead atoms. The smallest absolute Gasteiger partial charge is 0.328 e. The molecule has 4 amide bonds. The Bertz CT molecular complexity index is 698. The number of barbiturate groups is 1. The molecule has 0 unspecified atom stereocenters. The van der Waals surface area contributed by atoms with E-state index in [0.29, 0.717) is 11.0 Å². The van der Waals surface area contributed by atoms with Crippen molar-refractivity contribution in [3.05, 3.63) is 36.1 Å². The minimum atomic E-state index is -2.49. The number of fused-ring (bicyclic) bond motifs is 1. The SMILES string of the molecule is O=C1NC(=O)C(O)(c2coc3ccccc23)C(=O)N1. The highest BCUT2D eigenvalue weighted by Gasteiger charge is 2.52. The third-order valence-corrected chi connectivity index (χ3v) is 2.98. The summed E-state index contributed by atoms with van der Waals surface area (Å²) in [5.41, 5.74) is -2.07. The number of carbonyl (C=O) groups excluding carboxylic acids is 3. The lowest BCUT2D eigenvalue weighted by atomic mass is 9.90. The predicted molar refractivity (Wildman–Crippen MR) is 61.8 cm³/mol. The first-order chi connectivity index (χ1) is 9.03. The van der Waals surface area contributed by atoms with Gasteiger partial charge in [0.25, 0.3) is 17.4 Å². The second kappa shape index (κ2) is 3.66. The summed E-state index contributed by atoms with van der Waals surface area (Å²) in [4.78, 5) is 34.6. The fraction of sp³-hybridized carbons (Fsp3) is 0.0833. The standard InChI is InChI=1S/C12H8N2O5/c15-9-12(18,10(16)14-11(17)13-9)7-5-19-8-4-2-1-3-6(7)8/h1-5,18H,(H2,13,14,15,16,17). The summed E-state index contributed by atoms with van der Waals surface area (Å²) in [5.74, 6) is -2.21. The quantitative estimate of drug-likeness (QED) is 0.625. The summed E-state index contributed by atoms with van der Waals surface area (Å²) in [5, 5.41) is 14.5. The Morgan fingerprint density at radius 2 is 1.68 bits per heavy atom. The molecule has 0 saturated carbocycles. The zero-order chi connectivity index (χ0) is 13.6. The van der Waals surface area contributed by atoms with Crippen LogP contribution < -0.4 is 10.6 Å². The Labute approximate surface area is 106 Å². The fourth-order valence-electron chi connectivity index (χ4n) is 2.02. The highest BCUT2D eigenvalue weighted by molar-refractivity contribution is 6.22. The molecule has 1 aromatic carbocycles. The van der Waals surface area contributed by atoms with E-state index in [1.807, 2.05) is 10.6 Å². The van der Waals surface area contributed by atoms with Gasteiger partial charge in [-0.2, -0.15) is 0 Å². The number of urea groups is 1. The van der Waals surface area contributed by atoms with Gasteiger partial charge in [-0.15, -0.1) is 0 Å². The number of imide groups is 2. The van der Waals surface area contributed by atoms with E-state index in [-0.39, 0.29) is 5.56 Å². The molecule has 1 fully saturated rings. The molecule has 2 heterocycles. The van der Waals surface area contributed by atoms with Crippen molar-refractivity contribution in [1.29, 1.82) is 0 Å². The lowest BCUT2D eigenvalue weighted by molar-refractivity contribution is -0.155. The summed E-state index contributed by atoms with van der Waals surface area (Å²) in [6, 6.07) is 5.65. The summed E-state index contributed by atoms with van der Waals surface area (Å²) in [6.45, 7) is 0. The van der Waals surface area contributed by atoms with Crippen molar-refractivity contribution in [2.45, 2.75) is 5.60 Å². The maximum atomic E-state index is 11.8. The zero-order valence-corrected chi connectivity index (χ0v) is 9.47. The van der Waals surface area contributed by atoms with E-state index in [1.54, 1.807) is 24.3 Å². The first-order valence-electron chi connectivity index (χ1n) is 5.39. The Kier molecular flexibility index (Phi) is 2.20. The molecule has 3 rings (SSSR count). The number of benzene rings is 1. The molecular formula is C12H8N2O5. The van der Waals surface area contributed by atoms with Gasteiger partial charge in [-0.05, 0) is 6.07 Å². The Morgan fingerprint density at radius 3 is 2.37 bits per heavy atom. The van der Waals surface area contributed by atoms with Crippen molar-refractivity contribution in [2.24, 2.45) is 0 Å². The van der Waals surface area contributed by atoms with Crippen molar-refractivity contribution in [2.75, 3.05) is 0 Å². The van der Waals surface area contributed by atoms with E-state index in [2.05, 4.69) is 0 Å². The maximum absolute atomic E-state index is 11.8. The summed E-state index contributed by atoms with van der Waals surface area (Å²) in [7, 11) is 0. The summed E-state index contributed by atoms with van der Waals surface area (Å²) in [6.07, 6.45) is 1.12. The molecule has 1 aliphatic rings. The largest absolute Gasteiger partial charge is 0.464 e. The van der Waals surface area contributed by atoms with Crippen LogP contribution in [0.1, 0.15) is 5.56 Å². The number of hydrogen-bond donors (Lipinski definition) is 3. The van der Waals surface area contributed by atoms with Crippen molar-refractivity contribution >= 4 is 28.8 Å². The molecule has 2 aromatic rings. The van der Waals surface area contributed by atoms with Gasteiger partial charge in [0, 0.05) is 10.9 Å². The van der Waals surface area contributed by atoms with Gasteiger partial charge in [-0.3, -0.25) is 20.2 Å². The van der Waals surface area contributed by atoms with Gasteiger partial charge in [0.1, 0.15) is 5.58 Å². The normalized spacial score (nSPS) is 18.3. The van der Waals surface area contributed by atoms with E-state index < -0.39 is 23.4 Å². The van der Waals surface area contributed by atoms with Crippen molar-refractivity contribution in [3.63, 3.8) is 0 Å².